The van der Waals surface area contributed by atoms with Gasteiger partial charge in [0.1, 0.15) is 35.3 Å². The molecule has 2 aliphatic heterocycles. The fraction of sp³-hybridized carbons (Fsp3) is 0.320. The Morgan fingerprint density at radius 2 is 1.12 bits per heavy atom. The lowest BCUT2D eigenvalue weighted by molar-refractivity contribution is -0.118. The number of amides is 2. The lowest BCUT2D eigenvalue weighted by atomic mass is 9.99. The van der Waals surface area contributed by atoms with E-state index in [-0.39, 0.29) is 30.2 Å². The Balaban J connectivity index is 0.000000196. The van der Waals surface area contributed by atoms with Crippen LogP contribution in [-0.4, -0.2) is 91.6 Å². The van der Waals surface area contributed by atoms with E-state index in [1.165, 1.54) is 6.39 Å². The Labute approximate surface area is 382 Å². The zero-order chi connectivity index (χ0) is 46.1. The molecule has 2 amide bonds. The second-order valence-corrected chi connectivity index (χ2v) is 15.8. The molecule has 0 bridgehead atoms. The van der Waals surface area contributed by atoms with Gasteiger partial charge in [-0.1, -0.05) is 60.7 Å². The van der Waals surface area contributed by atoms with Gasteiger partial charge in [0.25, 0.3) is 0 Å². The number of oxazole rings is 1. The third kappa shape index (κ3) is 13.8. The first-order valence-corrected chi connectivity index (χ1v) is 21.7. The number of hydrogen-bond donors (Lipinski definition) is 3. The molecule has 0 aliphatic carbocycles. The van der Waals surface area contributed by atoms with Gasteiger partial charge in [-0.05, 0) is 57.6 Å². The number of aromatic nitrogens is 3. The summed E-state index contributed by atoms with van der Waals surface area (Å²) in [4.78, 5) is 60.3. The Bertz CT molecular complexity index is 2360. The molecule has 2 saturated heterocycles. The lowest BCUT2D eigenvalue weighted by Crippen LogP contribution is -2.28. The number of rotatable bonds is 18. The summed E-state index contributed by atoms with van der Waals surface area (Å²) in [6.45, 7) is 2.79. The van der Waals surface area contributed by atoms with E-state index >= 15 is 0 Å². The van der Waals surface area contributed by atoms with Crippen molar-refractivity contribution in [1.29, 1.82) is 0 Å². The molecule has 0 radical (unpaired) electrons. The third-order valence-corrected chi connectivity index (χ3v) is 10.8. The maximum Gasteiger partial charge on any atom is 0.407 e. The van der Waals surface area contributed by atoms with Crippen molar-refractivity contribution in [1.82, 2.24) is 25.6 Å². The Morgan fingerprint density at radius 3 is 1.58 bits per heavy atom. The van der Waals surface area contributed by atoms with Crippen LogP contribution in [0.5, 0.6) is 11.5 Å². The number of ketones is 2. The minimum atomic E-state index is -0.463. The normalized spacial score (nSPS) is 15.2. The molecule has 8 rings (SSSR count). The standard InChI is InChI=1S/C25H27N3O5.C25H26N2O6/c1-31-24-12-18(5-6-22(24)23-14-26-16-28-23)11-20(29)10-17-3-2-4-19(9-17)13-27-25(30)33-21-7-8-32-15-21;1-30-23-12-18(5-6-22(23)24-14-26-16-32-24)11-20(28)10-17-3-2-4-19(9-17)13-27-25(29)33-21-7-8-31-15-21/h2-6,9,12,14,16,21H,7-8,10-11,13,15H2,1H3,(H,26,28)(H,27,30);2-6,9,12,14,16,21H,7-8,10-11,13,15H2,1H3,(H,27,29)/t2*21-/m00/s1. The summed E-state index contributed by atoms with van der Waals surface area (Å²) in [5.74, 6) is 2.10. The van der Waals surface area contributed by atoms with Gasteiger partial charge in [-0.15, -0.1) is 0 Å². The van der Waals surface area contributed by atoms with Gasteiger partial charge in [0.2, 0.25) is 0 Å². The molecule has 6 aromatic rings. The summed E-state index contributed by atoms with van der Waals surface area (Å²) < 4.78 is 37.3. The van der Waals surface area contributed by atoms with Crippen molar-refractivity contribution in [3.8, 4) is 34.1 Å². The first kappa shape index (κ1) is 46.7. The molecule has 16 nitrogen and oxygen atoms in total. The van der Waals surface area contributed by atoms with E-state index in [2.05, 4.69) is 25.6 Å². The number of nitrogens with zero attached hydrogens (tertiary/aromatic N) is 2. The van der Waals surface area contributed by atoms with Crippen LogP contribution in [0.25, 0.3) is 22.6 Å². The predicted molar refractivity (Wildman–Crippen MR) is 242 cm³/mol. The van der Waals surface area contributed by atoms with Crippen LogP contribution in [0.1, 0.15) is 46.2 Å². The van der Waals surface area contributed by atoms with E-state index in [1.54, 1.807) is 32.9 Å². The fourth-order valence-corrected chi connectivity index (χ4v) is 7.55. The summed E-state index contributed by atoms with van der Waals surface area (Å²) in [5, 5.41) is 5.50. The summed E-state index contributed by atoms with van der Waals surface area (Å²) in [6.07, 6.45) is 7.68. The smallest absolute Gasteiger partial charge is 0.407 e. The van der Waals surface area contributed by atoms with Crippen LogP contribution < -0.4 is 20.1 Å². The van der Waals surface area contributed by atoms with Gasteiger partial charge in [0.05, 0.1) is 70.6 Å². The van der Waals surface area contributed by atoms with Gasteiger partial charge in [0.15, 0.2) is 12.2 Å². The van der Waals surface area contributed by atoms with E-state index in [1.807, 2.05) is 84.9 Å². The molecular weight excluding hydrogens is 847 g/mol. The maximum atomic E-state index is 12.7. The summed E-state index contributed by atoms with van der Waals surface area (Å²) in [6, 6.07) is 26.6. The SMILES string of the molecule is COc1cc(CC(=O)Cc2cccc(CNC(=O)O[C@H]3CCOC3)c2)ccc1-c1cnc[nH]1.COc1cc(CC(=O)Cc2cccc(CNC(=O)O[C@H]3CCOC3)c2)ccc1-c1cnco1. The number of ether oxygens (including phenoxy) is 6. The fourth-order valence-electron chi connectivity index (χ4n) is 7.55. The number of methoxy groups -OCH3 is 2. The molecule has 4 aromatic carbocycles. The summed E-state index contributed by atoms with van der Waals surface area (Å²) in [7, 11) is 3.19. The van der Waals surface area contributed by atoms with Crippen molar-refractivity contribution < 1.29 is 52.0 Å². The maximum absolute atomic E-state index is 12.7. The topological polar surface area (TPSA) is 202 Å². The van der Waals surface area contributed by atoms with E-state index in [0.717, 1.165) is 63.0 Å². The van der Waals surface area contributed by atoms with Crippen molar-refractivity contribution in [2.75, 3.05) is 40.6 Å². The number of imidazole rings is 1. The molecular formula is C50H53N5O11. The quantitative estimate of drug-likeness (QED) is 0.0784. The lowest BCUT2D eigenvalue weighted by Gasteiger charge is -2.12. The van der Waals surface area contributed by atoms with Gasteiger partial charge in [-0.25, -0.2) is 19.6 Å². The van der Waals surface area contributed by atoms with Gasteiger partial charge in [-0.3, -0.25) is 9.59 Å². The average Bonchev–Trinajstić information content (AvgIpc) is 4.19. The molecule has 2 atom stereocenters. The summed E-state index contributed by atoms with van der Waals surface area (Å²) in [5.41, 5.74) is 7.88. The number of Topliss-reactive ketones (excluding diaryl/α,β-unsaturated/α-hetero) is 2. The van der Waals surface area contributed by atoms with E-state index < -0.39 is 12.2 Å². The van der Waals surface area contributed by atoms with E-state index in [4.69, 9.17) is 32.8 Å². The van der Waals surface area contributed by atoms with Crippen LogP contribution in [0.2, 0.25) is 0 Å². The minimum Gasteiger partial charge on any atom is -0.496 e. The molecule has 16 heteroatoms. The van der Waals surface area contributed by atoms with Crippen molar-refractivity contribution in [3.05, 3.63) is 143 Å². The highest BCUT2D eigenvalue weighted by atomic mass is 16.6. The third-order valence-electron chi connectivity index (χ3n) is 10.8. The predicted octanol–water partition coefficient (Wildman–Crippen LogP) is 7.17. The second-order valence-electron chi connectivity index (χ2n) is 15.8. The minimum absolute atomic E-state index is 0.0789. The highest BCUT2D eigenvalue weighted by Gasteiger charge is 2.21. The van der Waals surface area contributed by atoms with Crippen LogP contribution in [-0.2, 0) is 67.3 Å². The molecule has 2 aliphatic rings. The molecule has 66 heavy (non-hydrogen) atoms. The van der Waals surface area contributed by atoms with Gasteiger partial charge < -0.3 is 48.5 Å². The summed E-state index contributed by atoms with van der Waals surface area (Å²) >= 11 is 0. The first-order chi connectivity index (χ1) is 32.2. The number of carbonyl (C=O) groups excluding carboxylic acids is 4. The highest BCUT2D eigenvalue weighted by Crippen LogP contribution is 2.31. The molecule has 4 heterocycles. The monoisotopic (exact) mass is 899 g/mol. The second kappa shape index (κ2) is 23.6. The van der Waals surface area contributed by atoms with E-state index in [0.29, 0.717) is 76.0 Å². The molecule has 0 spiro atoms. The Morgan fingerprint density at radius 1 is 0.621 bits per heavy atom. The first-order valence-electron chi connectivity index (χ1n) is 21.7. The van der Waals surface area contributed by atoms with Gasteiger partial charge in [0, 0.05) is 57.2 Å². The van der Waals surface area contributed by atoms with Crippen LogP contribution in [0, 0.1) is 0 Å². The van der Waals surface area contributed by atoms with Crippen LogP contribution in [0.3, 0.4) is 0 Å². The van der Waals surface area contributed by atoms with Crippen LogP contribution in [0.4, 0.5) is 9.59 Å². The number of H-pyrrole nitrogens is 1. The van der Waals surface area contributed by atoms with Crippen LogP contribution >= 0.6 is 0 Å². The number of hydrogen-bond acceptors (Lipinski definition) is 13. The molecule has 0 saturated carbocycles. The van der Waals surface area contributed by atoms with Crippen molar-refractivity contribution in [2.24, 2.45) is 0 Å². The number of aromatic amines is 1. The van der Waals surface area contributed by atoms with Crippen molar-refractivity contribution in [2.45, 2.75) is 63.8 Å². The van der Waals surface area contributed by atoms with Crippen LogP contribution in [0.15, 0.2) is 114 Å². The number of alkyl carbamates (subject to hydrolysis) is 2. The zero-order valence-electron chi connectivity index (χ0n) is 36.9. The average molecular weight is 900 g/mol. The van der Waals surface area contributed by atoms with Gasteiger partial charge in [-0.2, -0.15) is 0 Å². The van der Waals surface area contributed by atoms with Gasteiger partial charge >= 0.3 is 12.2 Å². The zero-order valence-corrected chi connectivity index (χ0v) is 36.9. The van der Waals surface area contributed by atoms with Crippen molar-refractivity contribution >= 4 is 23.8 Å². The number of carbonyl (C=O) groups is 4. The van der Waals surface area contributed by atoms with E-state index in [9.17, 15) is 19.2 Å². The molecule has 344 valence electrons. The molecule has 2 fully saturated rings. The number of benzene rings is 4. The Kier molecular flexibility index (Phi) is 16.7. The molecule has 2 aromatic heterocycles. The highest BCUT2D eigenvalue weighted by molar-refractivity contribution is 5.84. The Hall–Kier alpha value is -7.30. The molecule has 3 N–H and O–H groups in total. The number of nitrogens with one attached hydrogen (secondary N) is 3. The largest absolute Gasteiger partial charge is 0.496 e. The molecule has 0 unspecified atom stereocenters. The van der Waals surface area contributed by atoms with Crippen molar-refractivity contribution in [3.63, 3.8) is 0 Å².